The molecule has 1 N–H and O–H groups in total. The molecule has 1 aliphatic heterocycles. The van der Waals surface area contributed by atoms with E-state index in [0.29, 0.717) is 55.8 Å². The summed E-state index contributed by atoms with van der Waals surface area (Å²) in [5.74, 6) is -1.50. The van der Waals surface area contributed by atoms with Gasteiger partial charge in [0.25, 0.3) is 11.8 Å². The maximum Gasteiger partial charge on any atom is 0.256 e. The summed E-state index contributed by atoms with van der Waals surface area (Å²) >= 11 is 0. The Kier molecular flexibility index (Phi) is 10.2. The van der Waals surface area contributed by atoms with Gasteiger partial charge in [0.15, 0.2) is 0 Å². The molecule has 0 aliphatic carbocycles. The van der Waals surface area contributed by atoms with Crippen molar-refractivity contribution in [1.82, 2.24) is 15.1 Å². The third-order valence-corrected chi connectivity index (χ3v) is 5.57. The molecule has 2 rings (SSSR count). The predicted molar refractivity (Wildman–Crippen MR) is 129 cm³/mol. The second kappa shape index (κ2) is 13.1. The second-order valence-electron chi connectivity index (χ2n) is 7.67. The average molecular weight is 471 g/mol. The van der Waals surface area contributed by atoms with Gasteiger partial charge in [-0.15, -0.1) is 0 Å². The van der Waals surface area contributed by atoms with Gasteiger partial charge in [-0.2, -0.15) is 0 Å². The molecule has 0 spiro atoms. The van der Waals surface area contributed by atoms with E-state index in [-0.39, 0.29) is 18.0 Å². The molecule has 4 amide bonds. The summed E-state index contributed by atoms with van der Waals surface area (Å²) in [6.07, 6.45) is 6.27. The van der Waals surface area contributed by atoms with E-state index in [2.05, 4.69) is 5.32 Å². The summed E-state index contributed by atoms with van der Waals surface area (Å²) in [6.45, 7) is 4.88. The SMILES string of the molecule is C\C=C(/C=C(C(=O)N1CCCN(C=O)CC1)\C(F)=C/C)CN(C=O)c1ccccc1C(=O)NC. The van der Waals surface area contributed by atoms with E-state index in [9.17, 15) is 23.6 Å². The van der Waals surface area contributed by atoms with Crippen molar-refractivity contribution in [2.45, 2.75) is 20.3 Å². The van der Waals surface area contributed by atoms with Crippen molar-refractivity contribution in [1.29, 1.82) is 0 Å². The molecule has 1 aliphatic rings. The Hall–Kier alpha value is -3.75. The van der Waals surface area contributed by atoms with Crippen molar-refractivity contribution < 1.29 is 23.6 Å². The van der Waals surface area contributed by atoms with Crippen LogP contribution in [0.15, 0.2) is 59.5 Å². The van der Waals surface area contributed by atoms with Crippen LogP contribution in [0, 0.1) is 0 Å². The predicted octanol–water partition coefficient (Wildman–Crippen LogP) is 2.45. The van der Waals surface area contributed by atoms with Gasteiger partial charge in [0, 0.05) is 33.2 Å². The zero-order chi connectivity index (χ0) is 25.1. The van der Waals surface area contributed by atoms with Gasteiger partial charge in [-0.1, -0.05) is 24.3 Å². The van der Waals surface area contributed by atoms with Gasteiger partial charge in [0.05, 0.1) is 23.4 Å². The first-order chi connectivity index (χ1) is 16.4. The number of rotatable bonds is 9. The van der Waals surface area contributed by atoms with E-state index in [1.54, 1.807) is 42.2 Å². The molecule has 1 aromatic carbocycles. The van der Waals surface area contributed by atoms with E-state index in [1.165, 1.54) is 35.9 Å². The number of carbonyl (C=O) groups excluding carboxylic acids is 4. The molecule has 0 unspecified atom stereocenters. The third kappa shape index (κ3) is 6.63. The fourth-order valence-corrected chi connectivity index (χ4v) is 3.64. The number of hydrogen-bond acceptors (Lipinski definition) is 4. The molecule has 0 saturated carbocycles. The number of anilines is 1. The smallest absolute Gasteiger partial charge is 0.256 e. The van der Waals surface area contributed by atoms with Gasteiger partial charge in [-0.05, 0) is 44.1 Å². The summed E-state index contributed by atoms with van der Waals surface area (Å²) in [4.78, 5) is 52.9. The van der Waals surface area contributed by atoms with Crippen molar-refractivity contribution in [2.24, 2.45) is 0 Å². The molecular formula is C25H31FN4O4. The highest BCUT2D eigenvalue weighted by atomic mass is 19.1. The molecule has 182 valence electrons. The maximum absolute atomic E-state index is 14.8. The first kappa shape index (κ1) is 26.5. The fraction of sp³-hybridized carbons (Fsp3) is 0.360. The standard InChI is InChI=1S/C25H31FN4O4/c1-4-19(16-30(18-32)23-10-7-6-9-20(23)24(33)27-3)15-21(22(26)5-2)25(34)29-12-8-11-28(17-31)13-14-29/h4-7,9-10,15,17-18H,8,11-14,16H2,1-3H3,(H,27,33)/b19-4+,21-15+,22-5+. The number of para-hydroxylation sites is 1. The first-order valence-electron chi connectivity index (χ1n) is 11.1. The number of benzene rings is 1. The van der Waals surface area contributed by atoms with Crippen molar-refractivity contribution in [3.63, 3.8) is 0 Å². The Morgan fingerprint density at radius 3 is 2.44 bits per heavy atom. The molecular weight excluding hydrogens is 439 g/mol. The quantitative estimate of drug-likeness (QED) is 0.341. The number of nitrogens with zero attached hydrogens (tertiary/aromatic N) is 3. The molecule has 1 saturated heterocycles. The van der Waals surface area contributed by atoms with Crippen molar-refractivity contribution in [3.05, 3.63) is 65.0 Å². The molecule has 0 radical (unpaired) electrons. The van der Waals surface area contributed by atoms with Crippen molar-refractivity contribution in [3.8, 4) is 0 Å². The van der Waals surface area contributed by atoms with E-state index in [1.807, 2.05) is 0 Å². The molecule has 0 atom stereocenters. The Morgan fingerprint density at radius 2 is 1.82 bits per heavy atom. The van der Waals surface area contributed by atoms with Gasteiger partial charge in [0.2, 0.25) is 12.8 Å². The van der Waals surface area contributed by atoms with Gasteiger partial charge in [-0.3, -0.25) is 19.2 Å². The fourth-order valence-electron chi connectivity index (χ4n) is 3.64. The third-order valence-electron chi connectivity index (χ3n) is 5.57. The number of amides is 4. The zero-order valence-corrected chi connectivity index (χ0v) is 19.8. The highest BCUT2D eigenvalue weighted by Gasteiger charge is 2.24. The Balaban J connectivity index is 2.35. The van der Waals surface area contributed by atoms with Crippen LogP contribution in [0.3, 0.4) is 0 Å². The lowest BCUT2D eigenvalue weighted by molar-refractivity contribution is -0.127. The van der Waals surface area contributed by atoms with Crippen LogP contribution in [0.25, 0.3) is 0 Å². The van der Waals surface area contributed by atoms with Crippen LogP contribution in [0.1, 0.15) is 30.6 Å². The Bertz CT molecular complexity index is 1000. The summed E-state index contributed by atoms with van der Waals surface area (Å²) in [7, 11) is 1.50. The molecule has 0 aromatic heterocycles. The highest BCUT2D eigenvalue weighted by molar-refractivity contribution is 6.02. The van der Waals surface area contributed by atoms with Crippen LogP contribution in [-0.2, 0) is 14.4 Å². The molecule has 1 fully saturated rings. The van der Waals surface area contributed by atoms with Crippen LogP contribution in [0.5, 0.6) is 0 Å². The summed E-state index contributed by atoms with van der Waals surface area (Å²) in [6, 6.07) is 6.65. The molecule has 0 bridgehead atoms. The lowest BCUT2D eigenvalue weighted by atomic mass is 10.1. The second-order valence-corrected chi connectivity index (χ2v) is 7.67. The van der Waals surface area contributed by atoms with Crippen LogP contribution in [0.2, 0.25) is 0 Å². The number of halogens is 1. The highest BCUT2D eigenvalue weighted by Crippen LogP contribution is 2.23. The molecule has 8 nitrogen and oxygen atoms in total. The van der Waals surface area contributed by atoms with Crippen molar-refractivity contribution in [2.75, 3.05) is 44.7 Å². The van der Waals surface area contributed by atoms with Gasteiger partial charge in [0.1, 0.15) is 5.83 Å². The number of carbonyl (C=O) groups is 4. The maximum atomic E-state index is 14.8. The molecule has 1 aromatic rings. The van der Waals surface area contributed by atoms with Gasteiger partial charge in [-0.25, -0.2) is 4.39 Å². The summed E-state index contributed by atoms with van der Waals surface area (Å²) in [5, 5.41) is 2.55. The van der Waals surface area contributed by atoms with Crippen LogP contribution >= 0.6 is 0 Å². The number of allylic oxidation sites excluding steroid dienone is 2. The van der Waals surface area contributed by atoms with E-state index in [4.69, 9.17) is 0 Å². The normalized spacial score (nSPS) is 15.5. The van der Waals surface area contributed by atoms with E-state index in [0.717, 1.165) is 6.41 Å². The zero-order valence-electron chi connectivity index (χ0n) is 19.8. The largest absolute Gasteiger partial charge is 0.355 e. The summed E-state index contributed by atoms with van der Waals surface area (Å²) < 4.78 is 14.8. The minimum Gasteiger partial charge on any atom is -0.355 e. The monoisotopic (exact) mass is 470 g/mol. The number of nitrogens with one attached hydrogen (secondary N) is 1. The minimum absolute atomic E-state index is 0.0285. The van der Waals surface area contributed by atoms with Gasteiger partial charge < -0.3 is 20.0 Å². The lowest BCUT2D eigenvalue weighted by Crippen LogP contribution is -2.36. The Morgan fingerprint density at radius 1 is 1.09 bits per heavy atom. The average Bonchev–Trinajstić information content (AvgIpc) is 3.13. The van der Waals surface area contributed by atoms with Crippen LogP contribution < -0.4 is 10.2 Å². The minimum atomic E-state index is -0.677. The molecule has 9 heteroatoms. The summed E-state index contributed by atoms with van der Waals surface area (Å²) in [5.41, 5.74) is 1.10. The van der Waals surface area contributed by atoms with Gasteiger partial charge >= 0.3 is 0 Å². The first-order valence-corrected chi connectivity index (χ1v) is 11.1. The van der Waals surface area contributed by atoms with Crippen LogP contribution in [-0.4, -0.2) is 74.2 Å². The van der Waals surface area contributed by atoms with Crippen LogP contribution in [0.4, 0.5) is 10.1 Å². The number of hydrogen-bond donors (Lipinski definition) is 1. The Labute approximate surface area is 199 Å². The van der Waals surface area contributed by atoms with Crippen molar-refractivity contribution >= 4 is 30.3 Å². The molecule has 34 heavy (non-hydrogen) atoms. The topological polar surface area (TPSA) is 90.0 Å². The van der Waals surface area contributed by atoms with E-state index < -0.39 is 11.7 Å². The molecule has 1 heterocycles. The van der Waals surface area contributed by atoms with E-state index >= 15 is 0 Å². The lowest BCUT2D eigenvalue weighted by Gasteiger charge is -2.23.